The van der Waals surface area contributed by atoms with Crippen LogP contribution in [0.1, 0.15) is 18.5 Å². The third-order valence-corrected chi connectivity index (χ3v) is 6.03. The predicted molar refractivity (Wildman–Crippen MR) is 97.6 cm³/mol. The average molecular weight is 387 g/mol. The van der Waals surface area contributed by atoms with Crippen molar-refractivity contribution >= 4 is 22.4 Å². The van der Waals surface area contributed by atoms with Gasteiger partial charge in [-0.25, -0.2) is 13.4 Å². The molecule has 0 spiro atoms. The number of hydrogen-bond acceptors (Lipinski definition) is 5. The summed E-state index contributed by atoms with van der Waals surface area (Å²) in [6.45, 7) is 4.16. The van der Waals surface area contributed by atoms with Gasteiger partial charge in [0, 0.05) is 37.9 Å². The number of aromatic nitrogens is 2. The SMILES string of the molecule is CCn1cnc(S(=O)(=O)N2CCNCC2c2ccccc2OC)c1.Cl. The first-order chi connectivity index (χ1) is 11.6. The van der Waals surface area contributed by atoms with Crippen LogP contribution in [-0.2, 0) is 16.6 Å². The van der Waals surface area contributed by atoms with E-state index < -0.39 is 10.0 Å². The lowest BCUT2D eigenvalue weighted by atomic mass is 10.0. The van der Waals surface area contributed by atoms with Crippen molar-refractivity contribution < 1.29 is 13.2 Å². The summed E-state index contributed by atoms with van der Waals surface area (Å²) in [5, 5.41) is 3.36. The Morgan fingerprint density at radius 2 is 2.12 bits per heavy atom. The van der Waals surface area contributed by atoms with Crippen LogP contribution in [0.3, 0.4) is 0 Å². The molecule has 3 rings (SSSR count). The molecule has 2 aromatic rings. The zero-order chi connectivity index (χ0) is 17.2. The number of imidazole rings is 1. The van der Waals surface area contributed by atoms with Crippen molar-refractivity contribution in [1.29, 1.82) is 0 Å². The number of methoxy groups -OCH3 is 1. The highest BCUT2D eigenvalue weighted by molar-refractivity contribution is 7.89. The molecule has 1 aliphatic heterocycles. The maximum Gasteiger partial charge on any atom is 0.262 e. The number of benzene rings is 1. The number of aryl methyl sites for hydroxylation is 1. The molecule has 1 unspecified atom stereocenters. The van der Waals surface area contributed by atoms with E-state index in [4.69, 9.17) is 4.74 Å². The number of rotatable bonds is 5. The van der Waals surface area contributed by atoms with Gasteiger partial charge in [-0.1, -0.05) is 18.2 Å². The summed E-state index contributed by atoms with van der Waals surface area (Å²) in [5.74, 6) is 0.686. The Kier molecular flexibility index (Phi) is 6.45. The Balaban J connectivity index is 0.00000225. The minimum absolute atomic E-state index is 0. The Morgan fingerprint density at radius 3 is 2.80 bits per heavy atom. The molecule has 1 fully saturated rings. The molecule has 138 valence electrons. The van der Waals surface area contributed by atoms with Crippen LogP contribution in [0.15, 0.2) is 41.8 Å². The van der Waals surface area contributed by atoms with Gasteiger partial charge in [-0.05, 0) is 13.0 Å². The number of piperazine rings is 1. The molecule has 7 nitrogen and oxygen atoms in total. The van der Waals surface area contributed by atoms with Gasteiger partial charge in [-0.3, -0.25) is 0 Å². The minimum atomic E-state index is -3.67. The molecule has 0 saturated carbocycles. The number of sulfonamides is 1. The molecule has 1 N–H and O–H groups in total. The highest BCUT2D eigenvalue weighted by Gasteiger charge is 2.36. The first-order valence-corrected chi connectivity index (χ1v) is 9.39. The lowest BCUT2D eigenvalue weighted by Gasteiger charge is -2.35. The summed E-state index contributed by atoms with van der Waals surface area (Å²) in [7, 11) is -2.07. The van der Waals surface area contributed by atoms with Crippen molar-refractivity contribution in [3.05, 3.63) is 42.4 Å². The fourth-order valence-corrected chi connectivity index (χ4v) is 4.49. The second-order valence-corrected chi connectivity index (χ2v) is 7.46. The highest BCUT2D eigenvalue weighted by Crippen LogP contribution is 2.33. The maximum atomic E-state index is 13.1. The van der Waals surface area contributed by atoms with E-state index in [0.29, 0.717) is 31.9 Å². The van der Waals surface area contributed by atoms with Gasteiger partial charge in [0.15, 0.2) is 5.03 Å². The molecular formula is C16H23ClN4O3S. The summed E-state index contributed by atoms with van der Waals surface area (Å²) in [5.41, 5.74) is 0.852. The van der Waals surface area contributed by atoms with Crippen molar-refractivity contribution in [2.75, 3.05) is 26.7 Å². The third kappa shape index (κ3) is 3.82. The number of halogens is 1. The second-order valence-electron chi connectivity index (χ2n) is 5.62. The van der Waals surface area contributed by atoms with Crippen molar-refractivity contribution in [2.45, 2.75) is 24.5 Å². The Labute approximate surface area is 154 Å². The number of ether oxygens (including phenoxy) is 1. The van der Waals surface area contributed by atoms with Gasteiger partial charge in [0.05, 0.1) is 19.5 Å². The molecule has 0 bridgehead atoms. The number of hydrogen-bond donors (Lipinski definition) is 1. The van der Waals surface area contributed by atoms with E-state index in [1.807, 2.05) is 31.2 Å². The van der Waals surface area contributed by atoms with Crippen molar-refractivity contribution in [3.63, 3.8) is 0 Å². The van der Waals surface area contributed by atoms with Gasteiger partial charge in [-0.2, -0.15) is 4.31 Å². The van der Waals surface area contributed by atoms with Crippen LogP contribution in [0, 0.1) is 0 Å². The van der Waals surface area contributed by atoms with Crippen LogP contribution < -0.4 is 10.1 Å². The fraction of sp³-hybridized carbons (Fsp3) is 0.438. The molecular weight excluding hydrogens is 364 g/mol. The van der Waals surface area contributed by atoms with E-state index in [2.05, 4.69) is 10.3 Å². The van der Waals surface area contributed by atoms with Gasteiger partial charge in [0.25, 0.3) is 10.0 Å². The van der Waals surface area contributed by atoms with Crippen LogP contribution in [0.5, 0.6) is 5.75 Å². The smallest absolute Gasteiger partial charge is 0.262 e. The average Bonchev–Trinajstić information content (AvgIpc) is 3.12. The molecule has 0 amide bonds. The molecule has 0 aliphatic carbocycles. The van der Waals surface area contributed by atoms with Gasteiger partial charge in [0.2, 0.25) is 0 Å². The van der Waals surface area contributed by atoms with Gasteiger partial charge >= 0.3 is 0 Å². The summed E-state index contributed by atoms with van der Waals surface area (Å²) < 4.78 is 34.9. The lowest BCUT2D eigenvalue weighted by molar-refractivity contribution is 0.264. The summed E-state index contributed by atoms with van der Waals surface area (Å²) in [4.78, 5) is 4.09. The molecule has 25 heavy (non-hydrogen) atoms. The minimum Gasteiger partial charge on any atom is -0.496 e. The monoisotopic (exact) mass is 386 g/mol. The van der Waals surface area contributed by atoms with E-state index in [1.165, 1.54) is 4.31 Å². The molecule has 1 atom stereocenters. The molecule has 1 aromatic carbocycles. The largest absolute Gasteiger partial charge is 0.496 e. The molecule has 9 heteroatoms. The number of nitrogens with zero attached hydrogens (tertiary/aromatic N) is 3. The van der Waals surface area contributed by atoms with Crippen LogP contribution in [0.25, 0.3) is 0 Å². The first kappa shape index (κ1) is 19.7. The fourth-order valence-electron chi connectivity index (χ4n) is 2.95. The molecule has 2 heterocycles. The van der Waals surface area contributed by atoms with E-state index in [1.54, 1.807) is 24.2 Å². The summed E-state index contributed by atoms with van der Waals surface area (Å²) in [6.07, 6.45) is 3.13. The Bertz CT molecular complexity index is 809. The molecule has 1 aromatic heterocycles. The van der Waals surface area contributed by atoms with Gasteiger partial charge in [-0.15, -0.1) is 12.4 Å². The van der Waals surface area contributed by atoms with E-state index in [0.717, 1.165) is 5.56 Å². The first-order valence-electron chi connectivity index (χ1n) is 7.95. The van der Waals surface area contributed by atoms with Gasteiger partial charge in [0.1, 0.15) is 5.75 Å². The summed E-state index contributed by atoms with van der Waals surface area (Å²) >= 11 is 0. The predicted octanol–water partition coefficient (Wildman–Crippen LogP) is 1.67. The van der Waals surface area contributed by atoms with E-state index >= 15 is 0 Å². The Hall–Kier alpha value is -1.61. The quantitative estimate of drug-likeness (QED) is 0.845. The molecule has 0 radical (unpaired) electrons. The Morgan fingerprint density at radius 1 is 1.36 bits per heavy atom. The van der Waals surface area contributed by atoms with Crippen molar-refractivity contribution in [3.8, 4) is 5.75 Å². The van der Waals surface area contributed by atoms with Crippen LogP contribution >= 0.6 is 12.4 Å². The normalized spacial score (nSPS) is 18.6. The van der Waals surface area contributed by atoms with Crippen LogP contribution in [0.2, 0.25) is 0 Å². The summed E-state index contributed by atoms with van der Waals surface area (Å²) in [6, 6.07) is 7.19. The van der Waals surface area contributed by atoms with E-state index in [-0.39, 0.29) is 23.5 Å². The third-order valence-electron chi connectivity index (χ3n) is 4.24. The second kappa shape index (κ2) is 8.18. The zero-order valence-corrected chi connectivity index (χ0v) is 15.9. The number of para-hydroxylation sites is 1. The molecule has 1 aliphatic rings. The standard InChI is InChI=1S/C16H22N4O3S.ClH/c1-3-19-11-16(18-12-19)24(21,22)20-9-8-17-10-14(20)13-6-4-5-7-15(13)23-2;/h4-7,11-12,14,17H,3,8-10H2,1-2H3;1H. The topological polar surface area (TPSA) is 76.5 Å². The zero-order valence-electron chi connectivity index (χ0n) is 14.3. The van der Waals surface area contributed by atoms with Gasteiger partial charge < -0.3 is 14.6 Å². The molecule has 1 saturated heterocycles. The lowest BCUT2D eigenvalue weighted by Crippen LogP contribution is -2.48. The van der Waals surface area contributed by atoms with Crippen molar-refractivity contribution in [1.82, 2.24) is 19.2 Å². The van der Waals surface area contributed by atoms with Crippen molar-refractivity contribution in [2.24, 2.45) is 0 Å². The maximum absolute atomic E-state index is 13.1. The number of nitrogens with one attached hydrogen (secondary N) is 1. The van der Waals surface area contributed by atoms with E-state index in [9.17, 15) is 8.42 Å². The van der Waals surface area contributed by atoms with Crippen LogP contribution in [-0.4, -0.2) is 49.0 Å². The van der Waals surface area contributed by atoms with Crippen LogP contribution in [0.4, 0.5) is 0 Å². The highest BCUT2D eigenvalue weighted by atomic mass is 35.5.